The van der Waals surface area contributed by atoms with E-state index in [4.69, 9.17) is 10.5 Å². The van der Waals surface area contributed by atoms with E-state index in [-0.39, 0.29) is 12.2 Å². The van der Waals surface area contributed by atoms with Gasteiger partial charge < -0.3 is 9.47 Å². The summed E-state index contributed by atoms with van der Waals surface area (Å²) in [5.74, 6) is -2.10. The van der Waals surface area contributed by atoms with Gasteiger partial charge in [-0.15, -0.1) is 26.3 Å². The molecule has 0 aliphatic rings. The number of nitriles is 2. The Morgan fingerprint density at radius 3 is 1.60 bits per heavy atom. The zero-order valence-electron chi connectivity index (χ0n) is 15.2. The molecule has 0 spiro atoms. The Morgan fingerprint density at radius 2 is 1.20 bits per heavy atom. The van der Waals surface area contributed by atoms with Crippen molar-refractivity contribution >= 4 is 0 Å². The Hall–Kier alpha value is -3.47. The van der Waals surface area contributed by atoms with Gasteiger partial charge in [0.05, 0.1) is 30.5 Å². The minimum atomic E-state index is -5.08. The number of halogens is 7. The minimum Gasteiger partial charge on any atom is -0.405 e. The van der Waals surface area contributed by atoms with Crippen LogP contribution >= 0.6 is 0 Å². The summed E-state index contributed by atoms with van der Waals surface area (Å²) in [6.45, 7) is 1.80. The number of nitrogens with zero attached hydrogens (tertiary/aromatic N) is 2. The molecule has 4 nitrogen and oxygen atoms in total. The van der Waals surface area contributed by atoms with Crippen LogP contribution in [-0.4, -0.2) is 12.7 Å². The van der Waals surface area contributed by atoms with Crippen molar-refractivity contribution in [2.45, 2.75) is 32.5 Å². The minimum absolute atomic E-state index is 0.151. The molecule has 0 aliphatic carbocycles. The molecule has 2 rings (SSSR count). The van der Waals surface area contributed by atoms with Crippen molar-refractivity contribution in [3.05, 3.63) is 58.9 Å². The number of alkyl halides is 6. The van der Waals surface area contributed by atoms with Crippen LogP contribution in [-0.2, 0) is 12.8 Å². The molecule has 0 saturated carbocycles. The van der Waals surface area contributed by atoms with Gasteiger partial charge in [-0.1, -0.05) is 18.2 Å². The number of aryl methyl sites for hydroxylation is 1. The first-order chi connectivity index (χ1) is 13.9. The van der Waals surface area contributed by atoms with Gasteiger partial charge in [0, 0.05) is 5.56 Å². The molecular formula is C19H13F7N2O2. The number of hydrogen-bond acceptors (Lipinski definition) is 4. The van der Waals surface area contributed by atoms with E-state index in [1.54, 1.807) is 19.1 Å². The van der Waals surface area contributed by atoms with Gasteiger partial charge in [0.1, 0.15) is 17.3 Å². The van der Waals surface area contributed by atoms with Gasteiger partial charge in [0.25, 0.3) is 0 Å². The molecule has 0 unspecified atom stereocenters. The van der Waals surface area contributed by atoms with Crippen LogP contribution in [0.15, 0.2) is 36.4 Å². The smallest absolute Gasteiger partial charge is 0.405 e. The fraction of sp³-hybridized carbons (Fsp3) is 0.263. The quantitative estimate of drug-likeness (QED) is 0.575. The van der Waals surface area contributed by atoms with Crippen molar-refractivity contribution in [1.82, 2.24) is 0 Å². The maximum absolute atomic E-state index is 12.9. The van der Waals surface area contributed by atoms with Crippen LogP contribution in [0.1, 0.15) is 16.7 Å². The summed E-state index contributed by atoms with van der Waals surface area (Å²) >= 11 is 0. The molecule has 0 radical (unpaired) electrons. The lowest BCUT2D eigenvalue weighted by Gasteiger charge is -2.16. The molecule has 160 valence electrons. The number of ether oxygens (including phenoxy) is 2. The summed E-state index contributed by atoms with van der Waals surface area (Å²) in [5, 5.41) is 16.8. The zero-order chi connectivity index (χ0) is 22.9. The molecule has 0 N–H and O–H groups in total. The number of rotatable bonds is 4. The predicted molar refractivity (Wildman–Crippen MR) is 89.6 cm³/mol. The van der Waals surface area contributed by atoms with Crippen molar-refractivity contribution in [2.24, 2.45) is 0 Å². The summed E-state index contributed by atoms with van der Waals surface area (Å²) in [6, 6.07) is 10.7. The van der Waals surface area contributed by atoms with Crippen LogP contribution < -0.4 is 9.47 Å². The van der Waals surface area contributed by atoms with Gasteiger partial charge in [-0.25, -0.2) is 4.39 Å². The van der Waals surface area contributed by atoms with Crippen LogP contribution in [0.25, 0.3) is 0 Å². The van der Waals surface area contributed by atoms with Crippen LogP contribution in [0.5, 0.6) is 11.5 Å². The third-order valence-electron chi connectivity index (χ3n) is 3.41. The van der Waals surface area contributed by atoms with E-state index in [1.807, 2.05) is 6.07 Å². The largest absolute Gasteiger partial charge is 0.573 e. The Bertz CT molecular complexity index is 887. The highest BCUT2D eigenvalue weighted by atomic mass is 19.4. The molecule has 0 aromatic heterocycles. The highest BCUT2D eigenvalue weighted by molar-refractivity contribution is 5.46. The van der Waals surface area contributed by atoms with Crippen molar-refractivity contribution in [3.8, 4) is 23.6 Å². The summed E-state index contributed by atoms with van der Waals surface area (Å²) in [6.07, 6.45) is -10.7. The Labute approximate surface area is 166 Å². The third-order valence-corrected chi connectivity index (χ3v) is 3.41. The van der Waals surface area contributed by atoms with E-state index < -0.39 is 36.2 Å². The summed E-state index contributed by atoms with van der Waals surface area (Å²) in [4.78, 5) is 0. The fourth-order valence-corrected chi connectivity index (χ4v) is 2.21. The maximum atomic E-state index is 12.9. The molecule has 0 amide bonds. The Kier molecular flexibility index (Phi) is 8.47. The van der Waals surface area contributed by atoms with Crippen LogP contribution in [0, 0.1) is 35.4 Å². The Morgan fingerprint density at radius 1 is 0.767 bits per heavy atom. The second-order valence-electron chi connectivity index (χ2n) is 5.53. The van der Waals surface area contributed by atoms with Crippen molar-refractivity contribution in [2.75, 3.05) is 0 Å². The van der Waals surface area contributed by atoms with Crippen molar-refractivity contribution in [3.63, 3.8) is 0 Å². The second kappa shape index (κ2) is 10.3. The molecule has 0 saturated heterocycles. The lowest BCUT2D eigenvalue weighted by molar-refractivity contribution is -0.277. The monoisotopic (exact) mass is 434 g/mol. The molecule has 0 aliphatic heterocycles. The third kappa shape index (κ3) is 8.27. The second-order valence-corrected chi connectivity index (χ2v) is 5.53. The molecule has 30 heavy (non-hydrogen) atoms. The summed E-state index contributed by atoms with van der Waals surface area (Å²) in [7, 11) is 0. The van der Waals surface area contributed by atoms with Crippen LogP contribution in [0.3, 0.4) is 0 Å². The first-order valence-corrected chi connectivity index (χ1v) is 7.99. The van der Waals surface area contributed by atoms with E-state index in [9.17, 15) is 30.7 Å². The molecule has 11 heteroatoms. The molecule has 0 bridgehead atoms. The lowest BCUT2D eigenvalue weighted by atomic mass is 10.1. The first-order valence-electron chi connectivity index (χ1n) is 7.99. The molecule has 2 aromatic carbocycles. The average molecular weight is 434 g/mol. The molecule has 0 atom stereocenters. The topological polar surface area (TPSA) is 66.0 Å². The Balaban J connectivity index is 0.000000346. The summed E-state index contributed by atoms with van der Waals surface area (Å²) < 4.78 is 92.3. The van der Waals surface area contributed by atoms with E-state index >= 15 is 0 Å². The first kappa shape index (κ1) is 24.6. The van der Waals surface area contributed by atoms with Gasteiger partial charge in [-0.3, -0.25) is 0 Å². The van der Waals surface area contributed by atoms with E-state index in [0.717, 1.165) is 23.8 Å². The number of benzene rings is 2. The number of hydrogen-bond donors (Lipinski definition) is 0. The van der Waals surface area contributed by atoms with Gasteiger partial charge in [0.15, 0.2) is 0 Å². The standard InChI is InChI=1S/C10H5F6NO2.C9H8FN/c11-9(12,13)18-7-2-1-3-8(6(7)4-5-17)19-10(14,15)16;1-7-3-2-4-9(10)8(7)5-6-11/h1-3H,4H2;2-4H,5H2,1H3. The van der Waals surface area contributed by atoms with Crippen LogP contribution in [0.4, 0.5) is 30.7 Å². The predicted octanol–water partition coefficient (Wildman–Crippen LogP) is 5.75. The summed E-state index contributed by atoms with van der Waals surface area (Å²) in [5.41, 5.74) is 0.723. The molecule has 2 aromatic rings. The van der Waals surface area contributed by atoms with E-state index in [1.165, 1.54) is 12.1 Å². The molecule has 0 fully saturated rings. The fourth-order valence-electron chi connectivity index (χ4n) is 2.21. The molecule has 0 heterocycles. The maximum Gasteiger partial charge on any atom is 0.573 e. The van der Waals surface area contributed by atoms with Gasteiger partial charge in [-0.05, 0) is 30.7 Å². The molecular weight excluding hydrogens is 421 g/mol. The highest BCUT2D eigenvalue weighted by Crippen LogP contribution is 2.35. The highest BCUT2D eigenvalue weighted by Gasteiger charge is 2.35. The normalized spacial score (nSPS) is 10.9. The van der Waals surface area contributed by atoms with Crippen molar-refractivity contribution < 1.29 is 40.2 Å². The lowest BCUT2D eigenvalue weighted by Crippen LogP contribution is -2.20. The van der Waals surface area contributed by atoms with Gasteiger partial charge in [0.2, 0.25) is 0 Å². The van der Waals surface area contributed by atoms with Crippen molar-refractivity contribution in [1.29, 1.82) is 10.5 Å². The zero-order valence-corrected chi connectivity index (χ0v) is 15.2. The van der Waals surface area contributed by atoms with E-state index in [0.29, 0.717) is 5.56 Å². The average Bonchev–Trinajstić information content (AvgIpc) is 2.59. The van der Waals surface area contributed by atoms with Gasteiger partial charge in [-0.2, -0.15) is 10.5 Å². The van der Waals surface area contributed by atoms with Crippen LogP contribution in [0.2, 0.25) is 0 Å². The SMILES string of the molecule is Cc1cccc(F)c1CC#N.N#CCc1c(OC(F)(F)F)cccc1OC(F)(F)F. The van der Waals surface area contributed by atoms with Gasteiger partial charge >= 0.3 is 12.7 Å². The van der Waals surface area contributed by atoms with E-state index in [2.05, 4.69) is 9.47 Å².